The first-order valence-electron chi connectivity index (χ1n) is 7.15. The summed E-state index contributed by atoms with van der Waals surface area (Å²) in [5.74, 6) is 1.44. The minimum Gasteiger partial charge on any atom is -0.288 e. The van der Waals surface area contributed by atoms with Crippen molar-refractivity contribution in [3.63, 3.8) is 0 Å². The maximum absolute atomic E-state index is 4.52. The van der Waals surface area contributed by atoms with E-state index in [2.05, 4.69) is 65.4 Å². The van der Waals surface area contributed by atoms with Crippen molar-refractivity contribution in [1.82, 2.24) is 0 Å². The molecule has 0 aromatic carbocycles. The SMILES string of the molecule is CC1=NC(C)(C)C(C)C1.CC1=NC(C)(C)CC1C. The molecule has 2 nitrogen and oxygen atoms in total. The number of hydrogen-bond donors (Lipinski definition) is 0. The van der Waals surface area contributed by atoms with Gasteiger partial charge in [0.25, 0.3) is 0 Å². The van der Waals surface area contributed by atoms with E-state index in [0.717, 1.165) is 5.92 Å². The molecule has 2 unspecified atom stereocenters. The van der Waals surface area contributed by atoms with Gasteiger partial charge in [0.2, 0.25) is 0 Å². The first-order valence-corrected chi connectivity index (χ1v) is 7.15. The molecule has 0 amide bonds. The Morgan fingerprint density at radius 3 is 1.67 bits per heavy atom. The third-order valence-corrected chi connectivity index (χ3v) is 4.28. The van der Waals surface area contributed by atoms with Crippen molar-refractivity contribution in [1.29, 1.82) is 0 Å². The average Bonchev–Trinajstić information content (AvgIpc) is 2.50. The molecule has 0 N–H and O–H groups in total. The Morgan fingerprint density at radius 1 is 1.00 bits per heavy atom. The Morgan fingerprint density at radius 2 is 1.56 bits per heavy atom. The predicted octanol–water partition coefficient (Wildman–Crippen LogP) is 4.53. The Bertz CT molecular complexity index is 361. The lowest BCUT2D eigenvalue weighted by Crippen LogP contribution is -2.21. The second-order valence-electron chi connectivity index (χ2n) is 7.28. The van der Waals surface area contributed by atoms with Crippen molar-refractivity contribution in [2.75, 3.05) is 0 Å². The molecule has 2 atom stereocenters. The fourth-order valence-electron chi connectivity index (χ4n) is 2.87. The van der Waals surface area contributed by atoms with Gasteiger partial charge in [-0.1, -0.05) is 13.8 Å². The van der Waals surface area contributed by atoms with Gasteiger partial charge in [0.1, 0.15) is 0 Å². The van der Waals surface area contributed by atoms with Gasteiger partial charge >= 0.3 is 0 Å². The molecule has 18 heavy (non-hydrogen) atoms. The highest BCUT2D eigenvalue weighted by Crippen LogP contribution is 2.30. The highest BCUT2D eigenvalue weighted by molar-refractivity contribution is 5.86. The van der Waals surface area contributed by atoms with Gasteiger partial charge in [-0.05, 0) is 66.2 Å². The summed E-state index contributed by atoms with van der Waals surface area (Å²) < 4.78 is 0. The maximum atomic E-state index is 4.52. The lowest BCUT2D eigenvalue weighted by molar-refractivity contribution is 0.388. The summed E-state index contributed by atoms with van der Waals surface area (Å²) in [5.41, 5.74) is 3.07. The highest BCUT2D eigenvalue weighted by Gasteiger charge is 2.30. The summed E-state index contributed by atoms with van der Waals surface area (Å²) in [6, 6.07) is 0. The van der Waals surface area contributed by atoms with Crippen molar-refractivity contribution in [2.24, 2.45) is 21.8 Å². The second kappa shape index (κ2) is 5.14. The third kappa shape index (κ3) is 3.93. The number of nitrogens with zero attached hydrogens (tertiary/aromatic N) is 2. The van der Waals surface area contributed by atoms with Crippen LogP contribution in [0.25, 0.3) is 0 Å². The summed E-state index contributed by atoms with van der Waals surface area (Å²) in [7, 11) is 0. The van der Waals surface area contributed by atoms with Crippen molar-refractivity contribution in [3.05, 3.63) is 0 Å². The van der Waals surface area contributed by atoms with Gasteiger partial charge in [0, 0.05) is 11.4 Å². The van der Waals surface area contributed by atoms with Gasteiger partial charge < -0.3 is 0 Å². The van der Waals surface area contributed by atoms with Crippen LogP contribution in [0.2, 0.25) is 0 Å². The molecule has 2 aliphatic heterocycles. The molecule has 0 bridgehead atoms. The number of rotatable bonds is 0. The molecule has 0 fully saturated rings. The largest absolute Gasteiger partial charge is 0.288 e. The molecule has 0 saturated heterocycles. The lowest BCUT2D eigenvalue weighted by atomic mass is 9.90. The molecule has 0 aliphatic carbocycles. The molecule has 2 heteroatoms. The summed E-state index contributed by atoms with van der Waals surface area (Å²) in [4.78, 5) is 9.04. The lowest BCUT2D eigenvalue weighted by Gasteiger charge is -2.19. The number of aliphatic imine (C=N–C) groups is 2. The van der Waals surface area contributed by atoms with E-state index in [0.29, 0.717) is 5.92 Å². The van der Waals surface area contributed by atoms with E-state index in [4.69, 9.17) is 0 Å². The molecule has 0 spiro atoms. The highest BCUT2D eigenvalue weighted by atomic mass is 14.9. The van der Waals surface area contributed by atoms with Gasteiger partial charge in [0.15, 0.2) is 0 Å². The fourth-order valence-corrected chi connectivity index (χ4v) is 2.87. The van der Waals surface area contributed by atoms with Gasteiger partial charge in [-0.3, -0.25) is 9.98 Å². The standard InChI is InChI=1S/2C8H15N/c1-6-5-8(3,4)9-7(6)2;1-6-5-7(2)9-8(6,3)4/h2*6H,5H2,1-4H3. The van der Waals surface area contributed by atoms with Crippen LogP contribution in [-0.4, -0.2) is 22.5 Å². The van der Waals surface area contributed by atoms with Gasteiger partial charge in [-0.2, -0.15) is 0 Å². The first-order chi connectivity index (χ1) is 8.03. The second-order valence-corrected chi connectivity index (χ2v) is 7.28. The molecule has 0 aromatic heterocycles. The third-order valence-electron chi connectivity index (χ3n) is 4.28. The molecule has 0 saturated carbocycles. The van der Waals surface area contributed by atoms with Crippen LogP contribution in [0.4, 0.5) is 0 Å². The zero-order chi connectivity index (χ0) is 14.1. The van der Waals surface area contributed by atoms with Gasteiger partial charge in [-0.25, -0.2) is 0 Å². The fraction of sp³-hybridized carbons (Fsp3) is 0.875. The van der Waals surface area contributed by atoms with Crippen LogP contribution in [0.15, 0.2) is 9.98 Å². The van der Waals surface area contributed by atoms with Crippen LogP contribution in [0.5, 0.6) is 0 Å². The molecule has 2 heterocycles. The smallest absolute Gasteiger partial charge is 0.0580 e. The van der Waals surface area contributed by atoms with Crippen molar-refractivity contribution < 1.29 is 0 Å². The molecule has 0 radical (unpaired) electrons. The Labute approximate surface area is 113 Å². The zero-order valence-corrected chi connectivity index (χ0v) is 13.5. The monoisotopic (exact) mass is 250 g/mol. The van der Waals surface area contributed by atoms with Crippen LogP contribution in [0, 0.1) is 11.8 Å². The Kier molecular flexibility index (Phi) is 4.40. The van der Waals surface area contributed by atoms with Crippen LogP contribution >= 0.6 is 0 Å². The quantitative estimate of drug-likeness (QED) is 0.603. The van der Waals surface area contributed by atoms with Crippen molar-refractivity contribution in [3.8, 4) is 0 Å². The van der Waals surface area contributed by atoms with E-state index in [1.807, 2.05) is 0 Å². The molecule has 2 aliphatic rings. The zero-order valence-electron chi connectivity index (χ0n) is 13.5. The van der Waals surface area contributed by atoms with Crippen molar-refractivity contribution >= 4 is 11.4 Å². The van der Waals surface area contributed by atoms with E-state index in [1.54, 1.807) is 0 Å². The summed E-state index contributed by atoms with van der Waals surface area (Å²) in [5, 5.41) is 0. The van der Waals surface area contributed by atoms with E-state index in [-0.39, 0.29) is 11.1 Å². The van der Waals surface area contributed by atoms with Gasteiger partial charge in [0.05, 0.1) is 11.1 Å². The van der Waals surface area contributed by atoms with Crippen LogP contribution in [0.3, 0.4) is 0 Å². The van der Waals surface area contributed by atoms with E-state index in [9.17, 15) is 0 Å². The molecular formula is C16H30N2. The molecule has 104 valence electrons. The van der Waals surface area contributed by atoms with Crippen LogP contribution in [0.1, 0.15) is 68.2 Å². The summed E-state index contributed by atoms with van der Waals surface area (Å²) >= 11 is 0. The maximum Gasteiger partial charge on any atom is 0.0580 e. The summed E-state index contributed by atoms with van der Waals surface area (Å²) in [6.07, 6.45) is 2.41. The van der Waals surface area contributed by atoms with E-state index < -0.39 is 0 Å². The molecule has 2 rings (SSSR count). The van der Waals surface area contributed by atoms with Gasteiger partial charge in [-0.15, -0.1) is 0 Å². The topological polar surface area (TPSA) is 24.7 Å². The molecular weight excluding hydrogens is 220 g/mol. The van der Waals surface area contributed by atoms with Crippen molar-refractivity contribution in [2.45, 2.75) is 79.3 Å². The van der Waals surface area contributed by atoms with Crippen LogP contribution < -0.4 is 0 Å². The molecule has 0 aromatic rings. The first kappa shape index (κ1) is 15.4. The Hall–Kier alpha value is -0.660. The van der Waals surface area contributed by atoms with E-state index >= 15 is 0 Å². The van der Waals surface area contributed by atoms with E-state index in [1.165, 1.54) is 24.3 Å². The Balaban J connectivity index is 0.000000180. The number of hydrogen-bond acceptors (Lipinski definition) is 2. The normalized spacial score (nSPS) is 32.4. The minimum absolute atomic E-state index is 0.212. The summed E-state index contributed by atoms with van der Waals surface area (Å²) in [6.45, 7) is 17.5. The predicted molar refractivity (Wildman–Crippen MR) is 81.9 cm³/mol. The minimum atomic E-state index is 0.212. The average molecular weight is 250 g/mol. The van der Waals surface area contributed by atoms with Crippen LogP contribution in [-0.2, 0) is 0 Å².